The van der Waals surface area contributed by atoms with Crippen LogP contribution in [0.5, 0.6) is 0 Å². The van der Waals surface area contributed by atoms with Crippen LogP contribution < -0.4 is 0 Å². The highest BCUT2D eigenvalue weighted by Gasteiger charge is 2.25. The minimum absolute atomic E-state index is 0.0851. The number of carbonyl (C=O) groups is 1. The lowest BCUT2D eigenvalue weighted by Gasteiger charge is -2.29. The first-order valence-electron chi connectivity index (χ1n) is 6.84. The van der Waals surface area contributed by atoms with Crippen molar-refractivity contribution in [3.05, 3.63) is 22.4 Å². The lowest BCUT2D eigenvalue weighted by atomic mass is 10.0. The Hall–Kier alpha value is -0.910. The third-order valence-corrected chi connectivity index (χ3v) is 4.68. The molecule has 106 valence electrons. The molecule has 1 saturated heterocycles. The normalized spacial score (nSPS) is 22.9. The van der Waals surface area contributed by atoms with Gasteiger partial charge in [-0.25, -0.2) is 0 Å². The number of aliphatic carboxylic acids is 1. The molecule has 1 aromatic heterocycles. The summed E-state index contributed by atoms with van der Waals surface area (Å²) in [6.07, 6.45) is 4.47. The first-order valence-corrected chi connectivity index (χ1v) is 7.72. The monoisotopic (exact) mass is 283 g/mol. The summed E-state index contributed by atoms with van der Waals surface area (Å²) in [6, 6.07) is 4.05. The third kappa shape index (κ3) is 4.30. The maximum absolute atomic E-state index is 10.9. The van der Waals surface area contributed by atoms with Gasteiger partial charge in [-0.3, -0.25) is 9.69 Å². The van der Waals surface area contributed by atoms with Gasteiger partial charge in [-0.1, -0.05) is 18.9 Å². The van der Waals surface area contributed by atoms with Crippen LogP contribution in [-0.2, 0) is 4.79 Å². The molecule has 2 N–H and O–H groups in total. The maximum atomic E-state index is 10.9. The number of carboxylic acids is 1. The molecule has 0 aromatic carbocycles. The largest absolute Gasteiger partial charge is 0.480 e. The quantitative estimate of drug-likeness (QED) is 0.871. The summed E-state index contributed by atoms with van der Waals surface area (Å²) in [7, 11) is 0. The standard InChI is InChI=1S/C14H21NO3S/c16-12(13-6-4-8-19-13)9-11-5-2-1-3-7-15(11)10-14(17)18/h4,6,8,11-12,16H,1-3,5,7,9-10H2,(H,17,18). The second kappa shape index (κ2) is 7.03. The topological polar surface area (TPSA) is 60.8 Å². The van der Waals surface area contributed by atoms with Gasteiger partial charge in [-0.2, -0.15) is 0 Å². The molecule has 0 bridgehead atoms. The van der Waals surface area contributed by atoms with E-state index in [0.29, 0.717) is 6.42 Å². The van der Waals surface area contributed by atoms with Crippen molar-refractivity contribution in [1.82, 2.24) is 4.90 Å². The molecule has 0 spiro atoms. The fraction of sp³-hybridized carbons (Fsp3) is 0.643. The minimum Gasteiger partial charge on any atom is -0.480 e. The van der Waals surface area contributed by atoms with E-state index in [-0.39, 0.29) is 12.6 Å². The highest BCUT2D eigenvalue weighted by molar-refractivity contribution is 7.10. The van der Waals surface area contributed by atoms with Crippen LogP contribution in [0.2, 0.25) is 0 Å². The molecule has 1 aromatic rings. The van der Waals surface area contributed by atoms with Crippen LogP contribution in [0.4, 0.5) is 0 Å². The summed E-state index contributed by atoms with van der Waals surface area (Å²) in [6.45, 7) is 0.913. The Morgan fingerprint density at radius 1 is 1.47 bits per heavy atom. The Morgan fingerprint density at radius 2 is 2.32 bits per heavy atom. The van der Waals surface area contributed by atoms with Gasteiger partial charge in [0.05, 0.1) is 12.6 Å². The highest BCUT2D eigenvalue weighted by atomic mass is 32.1. The van der Waals surface area contributed by atoms with Crippen molar-refractivity contribution in [2.45, 2.75) is 44.2 Å². The third-order valence-electron chi connectivity index (χ3n) is 3.70. The summed E-state index contributed by atoms with van der Waals surface area (Å²) < 4.78 is 0. The van der Waals surface area contributed by atoms with Crippen molar-refractivity contribution >= 4 is 17.3 Å². The molecular weight excluding hydrogens is 262 g/mol. The van der Waals surface area contributed by atoms with Crippen LogP contribution in [0, 0.1) is 0 Å². The SMILES string of the molecule is O=C(O)CN1CCCCCC1CC(O)c1cccs1. The Labute approximate surface area is 117 Å². The Bertz CT molecular complexity index is 393. The van der Waals surface area contributed by atoms with E-state index >= 15 is 0 Å². The molecule has 1 fully saturated rings. The average molecular weight is 283 g/mol. The van der Waals surface area contributed by atoms with E-state index in [2.05, 4.69) is 0 Å². The summed E-state index contributed by atoms with van der Waals surface area (Å²) in [4.78, 5) is 13.9. The number of hydrogen-bond acceptors (Lipinski definition) is 4. The summed E-state index contributed by atoms with van der Waals surface area (Å²) >= 11 is 1.56. The van der Waals surface area contributed by atoms with Gasteiger partial charge in [-0.15, -0.1) is 11.3 Å². The van der Waals surface area contributed by atoms with Crippen LogP contribution >= 0.6 is 11.3 Å². The van der Waals surface area contributed by atoms with E-state index in [0.717, 1.165) is 37.1 Å². The van der Waals surface area contributed by atoms with Gasteiger partial charge in [0.25, 0.3) is 0 Å². The van der Waals surface area contributed by atoms with E-state index in [9.17, 15) is 9.90 Å². The van der Waals surface area contributed by atoms with E-state index in [1.54, 1.807) is 11.3 Å². The number of nitrogens with zero attached hydrogens (tertiary/aromatic N) is 1. The molecule has 5 heteroatoms. The number of rotatable bonds is 5. The fourth-order valence-electron chi connectivity index (χ4n) is 2.74. The van der Waals surface area contributed by atoms with Crippen molar-refractivity contribution in [2.75, 3.05) is 13.1 Å². The first kappa shape index (κ1) is 14.5. The number of aliphatic hydroxyl groups is 1. The molecule has 2 rings (SSSR count). The van der Waals surface area contributed by atoms with Crippen molar-refractivity contribution in [3.63, 3.8) is 0 Å². The molecule has 0 saturated carbocycles. The van der Waals surface area contributed by atoms with Gasteiger partial charge in [0, 0.05) is 10.9 Å². The average Bonchev–Trinajstić information content (AvgIpc) is 2.81. The molecule has 4 nitrogen and oxygen atoms in total. The van der Waals surface area contributed by atoms with Crippen LogP contribution in [0.1, 0.15) is 43.1 Å². The molecule has 2 atom stereocenters. The van der Waals surface area contributed by atoms with E-state index in [1.165, 1.54) is 0 Å². The first-order chi connectivity index (χ1) is 9.16. The molecule has 0 radical (unpaired) electrons. The molecule has 1 aliphatic heterocycles. The fourth-order valence-corrected chi connectivity index (χ4v) is 3.47. The van der Waals surface area contributed by atoms with Gasteiger partial charge in [0.15, 0.2) is 0 Å². The number of aliphatic hydroxyl groups excluding tert-OH is 1. The lowest BCUT2D eigenvalue weighted by molar-refractivity contribution is -0.139. The molecule has 0 amide bonds. The zero-order chi connectivity index (χ0) is 13.7. The van der Waals surface area contributed by atoms with Gasteiger partial charge in [0.1, 0.15) is 0 Å². The predicted octanol–water partition coefficient (Wildman–Crippen LogP) is 2.50. The molecule has 1 aliphatic rings. The Balaban J connectivity index is 1.99. The minimum atomic E-state index is -0.780. The van der Waals surface area contributed by atoms with Crippen LogP contribution in [0.15, 0.2) is 17.5 Å². The summed E-state index contributed by atoms with van der Waals surface area (Å²) in [5, 5.41) is 21.2. The van der Waals surface area contributed by atoms with Gasteiger partial charge in [0.2, 0.25) is 0 Å². The van der Waals surface area contributed by atoms with E-state index in [1.807, 2.05) is 22.4 Å². The van der Waals surface area contributed by atoms with Gasteiger partial charge >= 0.3 is 5.97 Å². The number of likely N-dealkylation sites (tertiary alicyclic amines) is 1. The molecular formula is C14H21NO3S. The lowest BCUT2D eigenvalue weighted by Crippen LogP contribution is -2.39. The van der Waals surface area contributed by atoms with Gasteiger partial charge in [-0.05, 0) is 37.3 Å². The van der Waals surface area contributed by atoms with Gasteiger partial charge < -0.3 is 10.2 Å². The zero-order valence-corrected chi connectivity index (χ0v) is 11.8. The highest BCUT2D eigenvalue weighted by Crippen LogP contribution is 2.28. The van der Waals surface area contributed by atoms with Crippen LogP contribution in [0.25, 0.3) is 0 Å². The number of hydrogen-bond donors (Lipinski definition) is 2. The Morgan fingerprint density at radius 3 is 3.00 bits per heavy atom. The van der Waals surface area contributed by atoms with Crippen molar-refractivity contribution in [3.8, 4) is 0 Å². The smallest absolute Gasteiger partial charge is 0.317 e. The maximum Gasteiger partial charge on any atom is 0.317 e. The number of carboxylic acid groups (broad SMARTS) is 1. The molecule has 2 unspecified atom stereocenters. The van der Waals surface area contributed by atoms with Crippen molar-refractivity contribution < 1.29 is 15.0 Å². The zero-order valence-electron chi connectivity index (χ0n) is 11.0. The van der Waals surface area contributed by atoms with E-state index < -0.39 is 12.1 Å². The van der Waals surface area contributed by atoms with Crippen LogP contribution in [0.3, 0.4) is 0 Å². The summed E-state index contributed by atoms with van der Waals surface area (Å²) in [5.74, 6) is -0.780. The second-order valence-corrected chi connectivity index (χ2v) is 6.11. The van der Waals surface area contributed by atoms with E-state index in [4.69, 9.17) is 5.11 Å². The second-order valence-electron chi connectivity index (χ2n) is 5.13. The molecule has 19 heavy (non-hydrogen) atoms. The molecule has 0 aliphatic carbocycles. The summed E-state index contributed by atoms with van der Waals surface area (Å²) in [5.41, 5.74) is 0. The van der Waals surface area contributed by atoms with Crippen LogP contribution in [-0.4, -0.2) is 40.2 Å². The predicted molar refractivity (Wildman–Crippen MR) is 75.4 cm³/mol. The van der Waals surface area contributed by atoms with Crippen molar-refractivity contribution in [2.24, 2.45) is 0 Å². The van der Waals surface area contributed by atoms with Crippen molar-refractivity contribution in [1.29, 1.82) is 0 Å². The Kier molecular flexibility index (Phi) is 5.36. The molecule has 2 heterocycles. The number of thiophene rings is 1.